The second-order valence-electron chi connectivity index (χ2n) is 4.33. The fraction of sp³-hybridized carbons (Fsp3) is 0.364. The van der Waals surface area contributed by atoms with Crippen LogP contribution in [-0.2, 0) is 16.4 Å². The van der Waals surface area contributed by atoms with Crippen molar-refractivity contribution in [2.45, 2.75) is 25.4 Å². The number of nitrogens with zero attached hydrogens (tertiary/aromatic N) is 1. The van der Waals surface area contributed by atoms with Gasteiger partial charge in [0.05, 0.1) is 15.9 Å². The topological polar surface area (TPSA) is 60.2 Å². The van der Waals surface area contributed by atoms with Crippen molar-refractivity contribution in [3.05, 3.63) is 39.4 Å². The van der Waals surface area contributed by atoms with Crippen LogP contribution >= 0.6 is 0 Å². The lowest BCUT2D eigenvalue weighted by atomic mass is 9.84. The Morgan fingerprint density at radius 3 is 2.22 bits per heavy atom. The molecular formula is C11H10F3NO3. The average molecular weight is 261 g/mol. The van der Waals surface area contributed by atoms with Gasteiger partial charge in [-0.15, -0.1) is 0 Å². The van der Waals surface area contributed by atoms with E-state index in [9.17, 15) is 28.1 Å². The Balaban J connectivity index is 3.49. The van der Waals surface area contributed by atoms with Gasteiger partial charge in [-0.2, -0.15) is 13.2 Å². The molecule has 0 fully saturated rings. The number of carbonyl (C=O) groups is 1. The zero-order chi connectivity index (χ0) is 14.1. The lowest BCUT2D eigenvalue weighted by Gasteiger charge is -2.18. The summed E-state index contributed by atoms with van der Waals surface area (Å²) < 4.78 is 37.3. The standard InChI is InChI=1S/C11H10F3NO3/c1-10(2,6-16)8-4-3-7(11(12,13)14)5-9(8)15(17)18/h3-6H,1-2H3. The van der Waals surface area contributed by atoms with Gasteiger partial charge in [0.25, 0.3) is 5.69 Å². The zero-order valence-corrected chi connectivity index (χ0v) is 9.62. The summed E-state index contributed by atoms with van der Waals surface area (Å²) in [6, 6.07) is 2.14. The summed E-state index contributed by atoms with van der Waals surface area (Å²) in [6.07, 6.45) is -4.20. The Labute approximate surface area is 101 Å². The Morgan fingerprint density at radius 1 is 1.28 bits per heavy atom. The molecule has 7 heteroatoms. The first-order valence-electron chi connectivity index (χ1n) is 4.92. The summed E-state index contributed by atoms with van der Waals surface area (Å²) in [7, 11) is 0. The van der Waals surface area contributed by atoms with Gasteiger partial charge in [-0.3, -0.25) is 10.1 Å². The van der Waals surface area contributed by atoms with Crippen molar-refractivity contribution in [1.29, 1.82) is 0 Å². The molecule has 0 atom stereocenters. The fourth-order valence-corrected chi connectivity index (χ4v) is 1.47. The van der Waals surface area contributed by atoms with Crippen molar-refractivity contribution in [3.63, 3.8) is 0 Å². The molecule has 1 aromatic carbocycles. The molecule has 0 saturated carbocycles. The van der Waals surface area contributed by atoms with Gasteiger partial charge in [-0.05, 0) is 19.9 Å². The number of aldehydes is 1. The first-order chi connectivity index (χ1) is 8.09. The molecule has 1 aromatic rings. The van der Waals surface area contributed by atoms with E-state index in [0.717, 1.165) is 12.1 Å². The molecule has 0 spiro atoms. The quantitative estimate of drug-likeness (QED) is 0.477. The normalized spacial score (nSPS) is 12.3. The molecule has 98 valence electrons. The third-order valence-electron chi connectivity index (χ3n) is 2.51. The van der Waals surface area contributed by atoms with Gasteiger partial charge >= 0.3 is 6.18 Å². The summed E-state index contributed by atoms with van der Waals surface area (Å²) in [5.74, 6) is 0. The van der Waals surface area contributed by atoms with Crippen molar-refractivity contribution in [2.24, 2.45) is 0 Å². The maximum absolute atomic E-state index is 12.4. The van der Waals surface area contributed by atoms with Crippen LogP contribution in [-0.4, -0.2) is 11.2 Å². The Kier molecular flexibility index (Phi) is 3.45. The van der Waals surface area contributed by atoms with Crippen molar-refractivity contribution in [3.8, 4) is 0 Å². The van der Waals surface area contributed by atoms with Crippen LogP contribution in [0.2, 0.25) is 0 Å². The molecule has 0 unspecified atom stereocenters. The lowest BCUT2D eigenvalue weighted by molar-refractivity contribution is -0.386. The largest absolute Gasteiger partial charge is 0.416 e. The van der Waals surface area contributed by atoms with Gasteiger partial charge in [0, 0.05) is 11.6 Å². The van der Waals surface area contributed by atoms with Crippen LogP contribution in [0.3, 0.4) is 0 Å². The molecule has 0 aromatic heterocycles. The number of carbonyl (C=O) groups excluding carboxylic acids is 1. The summed E-state index contributed by atoms with van der Waals surface area (Å²) in [6.45, 7) is 2.80. The smallest absolute Gasteiger partial charge is 0.302 e. The van der Waals surface area contributed by atoms with E-state index in [4.69, 9.17) is 0 Å². The van der Waals surface area contributed by atoms with Crippen LogP contribution in [0.5, 0.6) is 0 Å². The van der Waals surface area contributed by atoms with E-state index >= 15 is 0 Å². The highest BCUT2D eigenvalue weighted by molar-refractivity contribution is 5.70. The molecular weight excluding hydrogens is 251 g/mol. The van der Waals surface area contributed by atoms with Crippen LogP contribution in [0.25, 0.3) is 0 Å². The molecule has 0 amide bonds. The summed E-state index contributed by atoms with van der Waals surface area (Å²) in [4.78, 5) is 20.7. The first kappa shape index (κ1) is 14.1. The van der Waals surface area contributed by atoms with Gasteiger partial charge in [0.15, 0.2) is 0 Å². The van der Waals surface area contributed by atoms with Gasteiger partial charge in [0.2, 0.25) is 0 Å². The van der Waals surface area contributed by atoms with Crippen molar-refractivity contribution >= 4 is 12.0 Å². The second-order valence-corrected chi connectivity index (χ2v) is 4.33. The highest BCUT2D eigenvalue weighted by atomic mass is 19.4. The second kappa shape index (κ2) is 4.40. The first-order valence-corrected chi connectivity index (χ1v) is 4.92. The molecule has 0 bridgehead atoms. The van der Waals surface area contributed by atoms with Crippen LogP contribution in [0, 0.1) is 10.1 Å². The average Bonchev–Trinajstić information content (AvgIpc) is 2.27. The predicted octanol–water partition coefficient (Wildman–Crippen LogP) is 3.09. The Morgan fingerprint density at radius 2 is 1.83 bits per heavy atom. The zero-order valence-electron chi connectivity index (χ0n) is 9.62. The van der Waals surface area contributed by atoms with E-state index in [0.29, 0.717) is 12.4 Å². The number of halogens is 3. The predicted molar refractivity (Wildman–Crippen MR) is 57.2 cm³/mol. The van der Waals surface area contributed by atoms with E-state index in [1.807, 2.05) is 0 Å². The van der Waals surface area contributed by atoms with Gasteiger partial charge in [0.1, 0.15) is 6.29 Å². The molecule has 4 nitrogen and oxygen atoms in total. The van der Waals surface area contributed by atoms with Crippen molar-refractivity contribution in [2.75, 3.05) is 0 Å². The van der Waals surface area contributed by atoms with Gasteiger partial charge in [-0.25, -0.2) is 0 Å². The monoisotopic (exact) mass is 261 g/mol. The fourth-order valence-electron chi connectivity index (χ4n) is 1.47. The maximum Gasteiger partial charge on any atom is 0.416 e. The van der Waals surface area contributed by atoms with Crippen LogP contribution in [0.4, 0.5) is 18.9 Å². The number of nitro groups is 1. The number of alkyl halides is 3. The highest BCUT2D eigenvalue weighted by Gasteiger charge is 2.35. The van der Waals surface area contributed by atoms with Crippen molar-refractivity contribution in [1.82, 2.24) is 0 Å². The number of rotatable bonds is 3. The molecule has 0 aliphatic carbocycles. The highest BCUT2D eigenvalue weighted by Crippen LogP contribution is 2.36. The third-order valence-corrected chi connectivity index (χ3v) is 2.51. The van der Waals surface area contributed by atoms with Gasteiger partial charge in [-0.1, -0.05) is 6.07 Å². The molecule has 18 heavy (non-hydrogen) atoms. The number of benzene rings is 1. The lowest BCUT2D eigenvalue weighted by Crippen LogP contribution is -2.21. The van der Waals surface area contributed by atoms with Crippen LogP contribution in [0.15, 0.2) is 18.2 Å². The molecule has 0 heterocycles. The molecule has 0 aliphatic heterocycles. The van der Waals surface area contributed by atoms with Gasteiger partial charge < -0.3 is 4.79 Å². The van der Waals surface area contributed by atoms with E-state index in [1.165, 1.54) is 13.8 Å². The van der Waals surface area contributed by atoms with E-state index in [1.54, 1.807) is 0 Å². The summed E-state index contributed by atoms with van der Waals surface area (Å²) in [5, 5.41) is 10.8. The van der Waals surface area contributed by atoms with E-state index in [-0.39, 0.29) is 5.56 Å². The minimum Gasteiger partial charge on any atom is -0.302 e. The molecule has 0 radical (unpaired) electrons. The molecule has 1 rings (SSSR count). The van der Waals surface area contributed by atoms with Crippen LogP contribution in [0.1, 0.15) is 25.0 Å². The minimum absolute atomic E-state index is 0.0458. The minimum atomic E-state index is -4.66. The number of nitro benzene ring substituents is 1. The van der Waals surface area contributed by atoms with Crippen molar-refractivity contribution < 1.29 is 22.9 Å². The third kappa shape index (κ3) is 2.66. The number of hydrogen-bond donors (Lipinski definition) is 0. The number of hydrogen-bond acceptors (Lipinski definition) is 3. The Hall–Kier alpha value is -1.92. The summed E-state index contributed by atoms with van der Waals surface area (Å²) >= 11 is 0. The summed E-state index contributed by atoms with van der Waals surface area (Å²) in [5.41, 5.74) is -3.08. The Bertz CT molecular complexity index is 495. The maximum atomic E-state index is 12.4. The van der Waals surface area contributed by atoms with E-state index in [2.05, 4.69) is 0 Å². The molecule has 0 aliphatic rings. The molecule has 0 saturated heterocycles. The van der Waals surface area contributed by atoms with E-state index < -0.39 is 27.8 Å². The van der Waals surface area contributed by atoms with Crippen LogP contribution < -0.4 is 0 Å². The molecule has 0 N–H and O–H groups in total. The SMILES string of the molecule is CC(C)(C=O)c1ccc(C(F)(F)F)cc1[N+](=O)[O-].